The lowest BCUT2D eigenvalue weighted by atomic mass is 9.80. The standard InChI is InChI=1S/C25H39N3O3/c1-18-16-22(10-13-26-18)20-11-14-28(15-12-20)23(29)21-8-6-19(7-9-21)17-27(5)24(30)31-25(2,3)4/h10,13,16,19-21H,6-9,11-12,14-15,17H2,1-5H3/t19-,21-. The molecule has 0 unspecified atom stereocenters. The van der Waals surface area contributed by atoms with Crippen molar-refractivity contribution in [2.24, 2.45) is 11.8 Å². The molecule has 0 atom stereocenters. The molecular weight excluding hydrogens is 390 g/mol. The summed E-state index contributed by atoms with van der Waals surface area (Å²) in [4.78, 5) is 33.3. The van der Waals surface area contributed by atoms with Crippen LogP contribution in [0.15, 0.2) is 18.3 Å². The van der Waals surface area contributed by atoms with Crippen molar-refractivity contribution in [3.8, 4) is 0 Å². The third-order valence-electron chi connectivity index (χ3n) is 6.63. The molecule has 1 saturated heterocycles. The Balaban J connectivity index is 1.42. The van der Waals surface area contributed by atoms with E-state index in [1.807, 2.05) is 33.9 Å². The maximum Gasteiger partial charge on any atom is 0.410 e. The van der Waals surface area contributed by atoms with E-state index < -0.39 is 5.60 Å². The van der Waals surface area contributed by atoms with Crippen molar-refractivity contribution in [1.29, 1.82) is 0 Å². The molecule has 1 aromatic heterocycles. The number of rotatable bonds is 4. The number of amides is 2. The Bertz CT molecular complexity index is 758. The van der Waals surface area contributed by atoms with Gasteiger partial charge in [-0.25, -0.2) is 4.79 Å². The summed E-state index contributed by atoms with van der Waals surface area (Å²) in [6.45, 7) is 10.1. The third kappa shape index (κ3) is 6.68. The van der Waals surface area contributed by atoms with Gasteiger partial charge in [0.2, 0.25) is 5.91 Å². The van der Waals surface area contributed by atoms with Gasteiger partial charge in [-0.3, -0.25) is 9.78 Å². The number of nitrogens with zero attached hydrogens (tertiary/aromatic N) is 3. The summed E-state index contributed by atoms with van der Waals surface area (Å²) in [7, 11) is 1.81. The lowest BCUT2D eigenvalue weighted by Crippen LogP contribution is -2.43. The van der Waals surface area contributed by atoms with E-state index in [4.69, 9.17) is 4.74 Å². The van der Waals surface area contributed by atoms with Crippen molar-refractivity contribution in [1.82, 2.24) is 14.8 Å². The Morgan fingerprint density at radius 2 is 1.77 bits per heavy atom. The average molecular weight is 430 g/mol. The second-order valence-electron chi connectivity index (χ2n) is 10.4. The van der Waals surface area contributed by atoms with Gasteiger partial charge in [-0.1, -0.05) is 0 Å². The highest BCUT2D eigenvalue weighted by molar-refractivity contribution is 5.79. The highest BCUT2D eigenvalue weighted by atomic mass is 16.6. The predicted molar refractivity (Wildman–Crippen MR) is 122 cm³/mol. The fourth-order valence-corrected chi connectivity index (χ4v) is 4.91. The second-order valence-corrected chi connectivity index (χ2v) is 10.4. The molecule has 2 amide bonds. The van der Waals surface area contributed by atoms with E-state index in [-0.39, 0.29) is 12.0 Å². The smallest absolute Gasteiger partial charge is 0.410 e. The molecule has 1 aromatic rings. The van der Waals surface area contributed by atoms with E-state index in [0.29, 0.717) is 24.3 Å². The van der Waals surface area contributed by atoms with Gasteiger partial charge in [0.1, 0.15) is 5.60 Å². The summed E-state index contributed by atoms with van der Waals surface area (Å²) in [5.41, 5.74) is 1.94. The first kappa shape index (κ1) is 23.6. The van der Waals surface area contributed by atoms with E-state index in [1.54, 1.807) is 11.9 Å². The number of hydrogen-bond donors (Lipinski definition) is 0. The van der Waals surface area contributed by atoms with Crippen molar-refractivity contribution < 1.29 is 14.3 Å². The maximum absolute atomic E-state index is 13.1. The van der Waals surface area contributed by atoms with Gasteiger partial charge in [0.15, 0.2) is 0 Å². The average Bonchev–Trinajstić information content (AvgIpc) is 2.72. The van der Waals surface area contributed by atoms with Crippen molar-refractivity contribution in [3.05, 3.63) is 29.6 Å². The first-order valence-electron chi connectivity index (χ1n) is 11.8. The molecule has 2 aliphatic rings. The second kappa shape index (κ2) is 10.0. The van der Waals surface area contributed by atoms with Gasteiger partial charge in [-0.2, -0.15) is 0 Å². The number of pyridine rings is 1. The molecule has 2 heterocycles. The number of ether oxygens (including phenoxy) is 1. The van der Waals surface area contributed by atoms with Crippen LogP contribution in [0.3, 0.4) is 0 Å². The summed E-state index contributed by atoms with van der Waals surface area (Å²) in [6, 6.07) is 4.29. The minimum absolute atomic E-state index is 0.141. The van der Waals surface area contributed by atoms with Crippen LogP contribution in [0.1, 0.15) is 76.5 Å². The molecule has 0 bridgehead atoms. The highest BCUT2D eigenvalue weighted by Gasteiger charge is 2.32. The zero-order valence-electron chi connectivity index (χ0n) is 19.9. The number of likely N-dealkylation sites (tertiary alicyclic amines) is 1. The zero-order chi connectivity index (χ0) is 22.6. The van der Waals surface area contributed by atoms with Crippen LogP contribution in [0.4, 0.5) is 4.79 Å². The van der Waals surface area contributed by atoms with Crippen LogP contribution in [0.5, 0.6) is 0 Å². The van der Waals surface area contributed by atoms with Gasteiger partial charge in [-0.15, -0.1) is 0 Å². The minimum Gasteiger partial charge on any atom is -0.444 e. The lowest BCUT2D eigenvalue weighted by Gasteiger charge is -2.37. The monoisotopic (exact) mass is 429 g/mol. The van der Waals surface area contributed by atoms with Gasteiger partial charge < -0.3 is 14.5 Å². The molecule has 1 aliphatic carbocycles. The topological polar surface area (TPSA) is 62.7 Å². The highest BCUT2D eigenvalue weighted by Crippen LogP contribution is 2.33. The Labute approximate surface area is 187 Å². The van der Waals surface area contributed by atoms with Gasteiger partial charge in [0, 0.05) is 44.5 Å². The Morgan fingerprint density at radius 1 is 1.13 bits per heavy atom. The van der Waals surface area contributed by atoms with Gasteiger partial charge in [0.25, 0.3) is 0 Å². The van der Waals surface area contributed by atoms with Crippen molar-refractivity contribution in [3.63, 3.8) is 0 Å². The number of aromatic nitrogens is 1. The number of hydrogen-bond acceptors (Lipinski definition) is 4. The van der Waals surface area contributed by atoms with E-state index >= 15 is 0 Å². The van der Waals surface area contributed by atoms with Crippen molar-refractivity contribution in [2.45, 2.75) is 77.7 Å². The van der Waals surface area contributed by atoms with Gasteiger partial charge in [-0.05, 0) is 95.8 Å². The van der Waals surface area contributed by atoms with Crippen LogP contribution in [0.2, 0.25) is 0 Å². The molecule has 2 fully saturated rings. The molecule has 3 rings (SSSR count). The van der Waals surface area contributed by atoms with Crippen molar-refractivity contribution in [2.75, 3.05) is 26.7 Å². The molecule has 6 heteroatoms. The Kier molecular flexibility index (Phi) is 7.60. The fraction of sp³-hybridized carbons (Fsp3) is 0.720. The molecule has 172 valence electrons. The van der Waals surface area contributed by atoms with E-state index in [1.165, 1.54) is 5.56 Å². The normalized spacial score (nSPS) is 22.8. The molecule has 1 saturated carbocycles. The maximum atomic E-state index is 13.1. The summed E-state index contributed by atoms with van der Waals surface area (Å²) in [6.07, 6.45) is 7.53. The SMILES string of the molecule is Cc1cc(C2CCN(C(=O)[C@H]3CC[C@H](CN(C)C(=O)OC(C)(C)C)CC3)CC2)ccn1. The van der Waals surface area contributed by atoms with Crippen LogP contribution >= 0.6 is 0 Å². The predicted octanol–water partition coefficient (Wildman–Crippen LogP) is 4.77. The number of carbonyl (C=O) groups is 2. The molecule has 0 aromatic carbocycles. The van der Waals surface area contributed by atoms with Crippen LogP contribution in [-0.4, -0.2) is 59.1 Å². The number of aryl methyl sites for hydroxylation is 1. The Hall–Kier alpha value is -2.11. The minimum atomic E-state index is -0.473. The Morgan fingerprint density at radius 3 is 2.35 bits per heavy atom. The van der Waals surface area contributed by atoms with E-state index in [2.05, 4.69) is 22.0 Å². The molecule has 0 radical (unpaired) electrons. The number of piperidine rings is 1. The molecule has 31 heavy (non-hydrogen) atoms. The van der Waals surface area contributed by atoms with Crippen LogP contribution in [-0.2, 0) is 9.53 Å². The quantitative estimate of drug-likeness (QED) is 0.692. The summed E-state index contributed by atoms with van der Waals surface area (Å²) < 4.78 is 5.45. The summed E-state index contributed by atoms with van der Waals surface area (Å²) in [5.74, 6) is 1.46. The molecule has 6 nitrogen and oxygen atoms in total. The lowest BCUT2D eigenvalue weighted by molar-refractivity contribution is -0.138. The first-order chi connectivity index (χ1) is 14.6. The van der Waals surface area contributed by atoms with Gasteiger partial charge in [0.05, 0.1) is 0 Å². The largest absolute Gasteiger partial charge is 0.444 e. The molecule has 1 aliphatic heterocycles. The third-order valence-corrected chi connectivity index (χ3v) is 6.63. The number of carbonyl (C=O) groups excluding carboxylic acids is 2. The van der Waals surface area contributed by atoms with E-state index in [0.717, 1.165) is 57.3 Å². The van der Waals surface area contributed by atoms with Crippen LogP contribution in [0.25, 0.3) is 0 Å². The molecule has 0 N–H and O–H groups in total. The fourth-order valence-electron chi connectivity index (χ4n) is 4.91. The summed E-state index contributed by atoms with van der Waals surface area (Å²) >= 11 is 0. The molecule has 0 spiro atoms. The van der Waals surface area contributed by atoms with Crippen molar-refractivity contribution >= 4 is 12.0 Å². The van der Waals surface area contributed by atoms with Crippen LogP contribution in [0, 0.1) is 18.8 Å². The zero-order valence-corrected chi connectivity index (χ0v) is 19.9. The van der Waals surface area contributed by atoms with Crippen LogP contribution < -0.4 is 0 Å². The molecular formula is C25H39N3O3. The first-order valence-corrected chi connectivity index (χ1v) is 11.8. The van der Waals surface area contributed by atoms with E-state index in [9.17, 15) is 9.59 Å². The summed E-state index contributed by atoms with van der Waals surface area (Å²) in [5, 5.41) is 0. The van der Waals surface area contributed by atoms with Gasteiger partial charge >= 0.3 is 6.09 Å².